The van der Waals surface area contributed by atoms with Gasteiger partial charge in [0.1, 0.15) is 0 Å². The van der Waals surface area contributed by atoms with Gasteiger partial charge in [-0.2, -0.15) is 0 Å². The molecule has 72 valence electrons. The number of nitrogens with one attached hydrogen (secondary N) is 1. The van der Waals surface area contributed by atoms with Gasteiger partial charge in [0.2, 0.25) is 0 Å². The van der Waals surface area contributed by atoms with Crippen molar-refractivity contribution in [3.05, 3.63) is 30.3 Å². The van der Waals surface area contributed by atoms with Crippen LogP contribution < -0.4 is 5.48 Å². The van der Waals surface area contributed by atoms with Gasteiger partial charge in [-0.05, 0) is 12.1 Å². The highest BCUT2D eigenvalue weighted by Gasteiger charge is 2.12. The van der Waals surface area contributed by atoms with Crippen molar-refractivity contribution in [1.82, 2.24) is 5.48 Å². The van der Waals surface area contributed by atoms with Gasteiger partial charge in [-0.1, -0.05) is 18.2 Å². The zero-order valence-electron chi connectivity index (χ0n) is 6.97. The van der Waals surface area contributed by atoms with Crippen molar-refractivity contribution < 1.29 is 13.6 Å². The van der Waals surface area contributed by atoms with E-state index >= 15 is 0 Å². The van der Waals surface area contributed by atoms with E-state index in [-0.39, 0.29) is 17.2 Å². The Morgan fingerprint density at radius 3 is 2.38 bits per heavy atom. The van der Waals surface area contributed by atoms with Gasteiger partial charge in [0.25, 0.3) is 0 Å². The molecule has 13 heavy (non-hydrogen) atoms. The first-order valence-electron chi connectivity index (χ1n) is 3.81. The second kappa shape index (κ2) is 4.36. The van der Waals surface area contributed by atoms with Gasteiger partial charge in [-0.3, -0.25) is 0 Å². The van der Waals surface area contributed by atoms with Crippen LogP contribution in [0.4, 0.5) is 0 Å². The highest BCUT2D eigenvalue weighted by molar-refractivity contribution is 7.91. The van der Waals surface area contributed by atoms with Crippen LogP contribution >= 0.6 is 0 Å². The summed E-state index contributed by atoms with van der Waals surface area (Å²) in [7, 11) is -3.24. The first-order chi connectivity index (χ1) is 6.17. The maximum absolute atomic E-state index is 11.4. The van der Waals surface area contributed by atoms with E-state index in [4.69, 9.17) is 5.21 Å². The lowest BCUT2D eigenvalue weighted by Gasteiger charge is -2.02. The summed E-state index contributed by atoms with van der Waals surface area (Å²) in [6.07, 6.45) is 0. The molecule has 0 saturated carbocycles. The van der Waals surface area contributed by atoms with Gasteiger partial charge in [0.15, 0.2) is 9.84 Å². The molecule has 0 aliphatic heterocycles. The van der Waals surface area contributed by atoms with E-state index in [2.05, 4.69) is 0 Å². The van der Waals surface area contributed by atoms with E-state index in [1.165, 1.54) is 12.1 Å². The molecule has 0 radical (unpaired) electrons. The maximum Gasteiger partial charge on any atom is 0.179 e. The van der Waals surface area contributed by atoms with Crippen LogP contribution in [0.5, 0.6) is 0 Å². The molecule has 0 unspecified atom stereocenters. The fraction of sp³-hybridized carbons (Fsp3) is 0.250. The second-order valence-corrected chi connectivity index (χ2v) is 4.65. The Labute approximate surface area is 77.1 Å². The predicted octanol–water partition coefficient (Wildman–Crippen LogP) is 0.439. The number of hydroxylamine groups is 1. The van der Waals surface area contributed by atoms with Gasteiger partial charge in [0.05, 0.1) is 10.6 Å². The lowest BCUT2D eigenvalue weighted by molar-refractivity contribution is 0.173. The molecule has 2 N–H and O–H groups in total. The van der Waals surface area contributed by atoms with Crippen molar-refractivity contribution in [2.75, 3.05) is 12.3 Å². The molecule has 0 spiro atoms. The highest BCUT2D eigenvalue weighted by Crippen LogP contribution is 2.08. The molecule has 0 aliphatic rings. The minimum absolute atomic E-state index is 0.0389. The van der Waals surface area contributed by atoms with Crippen molar-refractivity contribution >= 4 is 9.84 Å². The van der Waals surface area contributed by atoms with Crippen LogP contribution in [0.15, 0.2) is 35.2 Å². The van der Waals surface area contributed by atoms with Crippen molar-refractivity contribution in [3.63, 3.8) is 0 Å². The van der Waals surface area contributed by atoms with Gasteiger partial charge in [-0.15, -0.1) is 0 Å². The van der Waals surface area contributed by atoms with E-state index < -0.39 is 9.84 Å². The number of sulfone groups is 1. The summed E-state index contributed by atoms with van der Waals surface area (Å²) in [5.74, 6) is -0.104. The Morgan fingerprint density at radius 2 is 1.85 bits per heavy atom. The van der Waals surface area contributed by atoms with Gasteiger partial charge < -0.3 is 5.21 Å². The number of hydrogen-bond acceptors (Lipinski definition) is 4. The number of hydrogen-bond donors (Lipinski definition) is 2. The van der Waals surface area contributed by atoms with Crippen LogP contribution in [-0.2, 0) is 9.84 Å². The molecule has 0 atom stereocenters. The predicted molar refractivity (Wildman–Crippen MR) is 48.3 cm³/mol. The van der Waals surface area contributed by atoms with E-state index in [9.17, 15) is 8.42 Å². The molecular weight excluding hydrogens is 190 g/mol. The summed E-state index contributed by atoms with van der Waals surface area (Å²) < 4.78 is 22.9. The first kappa shape index (κ1) is 10.2. The Bertz CT molecular complexity index is 347. The molecule has 0 aromatic heterocycles. The van der Waals surface area contributed by atoms with Gasteiger partial charge in [0, 0.05) is 6.54 Å². The molecule has 5 heteroatoms. The zero-order valence-corrected chi connectivity index (χ0v) is 7.79. The van der Waals surface area contributed by atoms with Crippen molar-refractivity contribution in [3.8, 4) is 0 Å². The van der Waals surface area contributed by atoms with E-state index in [1.807, 2.05) is 5.48 Å². The molecule has 1 aromatic carbocycles. The van der Waals surface area contributed by atoms with Crippen molar-refractivity contribution in [2.24, 2.45) is 0 Å². The van der Waals surface area contributed by atoms with Gasteiger partial charge in [-0.25, -0.2) is 13.9 Å². The van der Waals surface area contributed by atoms with Gasteiger partial charge >= 0.3 is 0 Å². The average molecular weight is 201 g/mol. The molecule has 1 aromatic rings. The molecule has 0 bridgehead atoms. The molecule has 0 heterocycles. The summed E-state index contributed by atoms with van der Waals surface area (Å²) in [6.45, 7) is 0.0389. The summed E-state index contributed by atoms with van der Waals surface area (Å²) in [4.78, 5) is 0.283. The lowest BCUT2D eigenvalue weighted by atomic mass is 10.4. The molecule has 0 aliphatic carbocycles. The third-order valence-corrected chi connectivity index (χ3v) is 3.32. The summed E-state index contributed by atoms with van der Waals surface area (Å²) in [6, 6.07) is 8.15. The smallest absolute Gasteiger partial charge is 0.179 e. The third-order valence-electron chi connectivity index (χ3n) is 1.58. The Kier molecular flexibility index (Phi) is 3.41. The standard InChI is InChI=1S/C8H11NO3S/c10-9-6-7-13(11,12)8-4-2-1-3-5-8/h1-5,9-10H,6-7H2. The highest BCUT2D eigenvalue weighted by atomic mass is 32.2. The SMILES string of the molecule is O=S(=O)(CCNO)c1ccccc1. The van der Waals surface area contributed by atoms with E-state index in [0.717, 1.165) is 0 Å². The second-order valence-electron chi connectivity index (χ2n) is 2.54. The number of benzene rings is 1. The van der Waals surface area contributed by atoms with Crippen LogP contribution in [-0.4, -0.2) is 25.9 Å². The summed E-state index contributed by atoms with van der Waals surface area (Å²) >= 11 is 0. The summed E-state index contributed by atoms with van der Waals surface area (Å²) in [5.41, 5.74) is 1.81. The largest absolute Gasteiger partial charge is 0.317 e. The average Bonchev–Trinajstić information content (AvgIpc) is 2.16. The Balaban J connectivity index is 2.83. The van der Waals surface area contributed by atoms with Crippen molar-refractivity contribution in [2.45, 2.75) is 4.90 Å². The topological polar surface area (TPSA) is 66.4 Å². The third kappa shape index (κ3) is 2.80. The molecular formula is C8H11NO3S. The van der Waals surface area contributed by atoms with Crippen LogP contribution in [0.3, 0.4) is 0 Å². The molecule has 1 rings (SSSR count). The normalized spacial score (nSPS) is 11.5. The zero-order chi connectivity index (χ0) is 9.73. The Morgan fingerprint density at radius 1 is 1.23 bits per heavy atom. The lowest BCUT2D eigenvalue weighted by Crippen LogP contribution is -2.19. The minimum atomic E-state index is -3.24. The van der Waals surface area contributed by atoms with Crippen LogP contribution in [0.25, 0.3) is 0 Å². The van der Waals surface area contributed by atoms with Crippen LogP contribution in [0, 0.1) is 0 Å². The molecule has 0 amide bonds. The molecule has 0 saturated heterocycles. The monoisotopic (exact) mass is 201 g/mol. The van der Waals surface area contributed by atoms with E-state index in [0.29, 0.717) is 0 Å². The number of rotatable bonds is 4. The van der Waals surface area contributed by atoms with E-state index in [1.54, 1.807) is 18.2 Å². The van der Waals surface area contributed by atoms with Crippen LogP contribution in [0.1, 0.15) is 0 Å². The van der Waals surface area contributed by atoms with Crippen LogP contribution in [0.2, 0.25) is 0 Å². The fourth-order valence-electron chi connectivity index (χ4n) is 0.926. The maximum atomic E-state index is 11.4. The quantitative estimate of drug-likeness (QED) is 0.694. The summed E-state index contributed by atoms with van der Waals surface area (Å²) in [5, 5.41) is 8.26. The molecule has 0 fully saturated rings. The van der Waals surface area contributed by atoms with Crippen molar-refractivity contribution in [1.29, 1.82) is 0 Å². The fourth-order valence-corrected chi connectivity index (χ4v) is 2.09. The molecule has 4 nitrogen and oxygen atoms in total. The Hall–Kier alpha value is -0.910. The minimum Gasteiger partial charge on any atom is -0.317 e. The first-order valence-corrected chi connectivity index (χ1v) is 5.47.